The molecule has 0 unspecified atom stereocenters. The fourth-order valence-corrected chi connectivity index (χ4v) is 2.68. The second-order valence-corrected chi connectivity index (χ2v) is 5.52. The maximum absolute atomic E-state index is 5.41. The molecule has 23 heavy (non-hydrogen) atoms. The summed E-state index contributed by atoms with van der Waals surface area (Å²) in [5.74, 6) is 1.31. The summed E-state index contributed by atoms with van der Waals surface area (Å²) in [5, 5.41) is 6.72. The van der Waals surface area contributed by atoms with E-state index in [2.05, 4.69) is 30.6 Å². The summed E-state index contributed by atoms with van der Waals surface area (Å²) in [6, 6.07) is 10.2. The lowest BCUT2D eigenvalue weighted by Gasteiger charge is -2.23. The average molecular weight is 310 g/mol. The number of aromatic amines is 1. The topological polar surface area (TPSA) is 87.8 Å². The summed E-state index contributed by atoms with van der Waals surface area (Å²) in [4.78, 5) is 16.4. The molecule has 0 bridgehead atoms. The van der Waals surface area contributed by atoms with E-state index in [0.717, 1.165) is 43.1 Å². The Morgan fingerprint density at radius 1 is 1.09 bits per heavy atom. The Labute approximate surface area is 133 Å². The van der Waals surface area contributed by atoms with E-state index in [1.807, 2.05) is 30.3 Å². The van der Waals surface area contributed by atoms with Crippen molar-refractivity contribution in [3.63, 3.8) is 0 Å². The molecular formula is C16H18N6O. The van der Waals surface area contributed by atoms with Gasteiger partial charge in [0.05, 0.1) is 6.33 Å². The van der Waals surface area contributed by atoms with Crippen LogP contribution in [0.3, 0.4) is 0 Å². The molecule has 1 fully saturated rings. The molecule has 118 valence electrons. The van der Waals surface area contributed by atoms with E-state index >= 15 is 0 Å². The van der Waals surface area contributed by atoms with Crippen molar-refractivity contribution in [2.24, 2.45) is 0 Å². The van der Waals surface area contributed by atoms with Crippen LogP contribution in [-0.4, -0.2) is 39.2 Å². The number of rotatable bonds is 4. The second kappa shape index (κ2) is 6.21. The van der Waals surface area contributed by atoms with Crippen molar-refractivity contribution in [3.05, 3.63) is 36.7 Å². The van der Waals surface area contributed by atoms with Gasteiger partial charge in [-0.05, 0) is 25.0 Å². The van der Waals surface area contributed by atoms with Crippen LogP contribution in [0.1, 0.15) is 12.8 Å². The van der Waals surface area contributed by atoms with E-state index in [9.17, 15) is 0 Å². The fourth-order valence-electron chi connectivity index (χ4n) is 2.68. The van der Waals surface area contributed by atoms with Crippen LogP contribution in [0.25, 0.3) is 11.2 Å². The van der Waals surface area contributed by atoms with Crippen LogP contribution in [0.2, 0.25) is 0 Å². The van der Waals surface area contributed by atoms with Crippen LogP contribution in [0.4, 0.5) is 17.5 Å². The minimum Gasteiger partial charge on any atom is -0.381 e. The summed E-state index contributed by atoms with van der Waals surface area (Å²) in [5.41, 5.74) is 2.42. The predicted molar refractivity (Wildman–Crippen MR) is 88.9 cm³/mol. The highest BCUT2D eigenvalue weighted by atomic mass is 16.5. The number of H-pyrrole nitrogens is 1. The molecule has 1 aliphatic rings. The number of nitrogens with one attached hydrogen (secondary N) is 3. The number of para-hydroxylation sites is 1. The number of anilines is 3. The number of fused-ring (bicyclic) bond motifs is 1. The zero-order valence-corrected chi connectivity index (χ0v) is 12.6. The van der Waals surface area contributed by atoms with Gasteiger partial charge in [0.15, 0.2) is 11.5 Å². The average Bonchev–Trinajstić information content (AvgIpc) is 3.05. The third-order valence-corrected chi connectivity index (χ3v) is 3.88. The van der Waals surface area contributed by atoms with E-state index in [-0.39, 0.29) is 0 Å². The summed E-state index contributed by atoms with van der Waals surface area (Å²) in [6.45, 7) is 1.56. The van der Waals surface area contributed by atoms with Crippen molar-refractivity contribution in [2.45, 2.75) is 18.9 Å². The first-order chi connectivity index (χ1) is 11.4. The number of imidazole rings is 1. The van der Waals surface area contributed by atoms with E-state index in [4.69, 9.17) is 4.74 Å². The van der Waals surface area contributed by atoms with Gasteiger partial charge in [-0.25, -0.2) is 4.98 Å². The van der Waals surface area contributed by atoms with Crippen molar-refractivity contribution in [1.29, 1.82) is 0 Å². The van der Waals surface area contributed by atoms with Gasteiger partial charge in [0, 0.05) is 24.9 Å². The predicted octanol–water partition coefficient (Wildman–Crippen LogP) is 2.69. The number of ether oxygens (including phenoxy) is 1. The first-order valence-electron chi connectivity index (χ1n) is 7.76. The number of hydrogen-bond acceptors (Lipinski definition) is 6. The molecular weight excluding hydrogens is 292 g/mol. The lowest BCUT2D eigenvalue weighted by molar-refractivity contribution is 0.0904. The Hall–Kier alpha value is -2.67. The highest BCUT2D eigenvalue weighted by Crippen LogP contribution is 2.23. The molecule has 1 aromatic carbocycles. The normalized spacial score (nSPS) is 15.7. The lowest BCUT2D eigenvalue weighted by Crippen LogP contribution is -2.28. The zero-order valence-electron chi connectivity index (χ0n) is 12.6. The van der Waals surface area contributed by atoms with Gasteiger partial charge in [0.2, 0.25) is 5.95 Å². The van der Waals surface area contributed by atoms with Crippen molar-refractivity contribution in [2.75, 3.05) is 23.8 Å². The standard InChI is InChI=1S/C16H18N6O/c1-2-4-11(5-3-1)20-16-21-14-13(17-10-18-14)15(22-16)19-12-6-8-23-9-7-12/h1-5,10,12H,6-9H2,(H3,17,18,19,20,21,22). The lowest BCUT2D eigenvalue weighted by atomic mass is 10.1. The van der Waals surface area contributed by atoms with Crippen LogP contribution < -0.4 is 10.6 Å². The fraction of sp³-hybridized carbons (Fsp3) is 0.312. The minimum absolute atomic E-state index is 0.356. The first kappa shape index (κ1) is 14.0. The molecule has 0 radical (unpaired) electrons. The molecule has 1 saturated heterocycles. The molecule has 0 aliphatic carbocycles. The monoisotopic (exact) mass is 310 g/mol. The third-order valence-electron chi connectivity index (χ3n) is 3.88. The van der Waals surface area contributed by atoms with E-state index in [0.29, 0.717) is 17.6 Å². The van der Waals surface area contributed by atoms with Gasteiger partial charge < -0.3 is 20.4 Å². The Balaban J connectivity index is 1.64. The molecule has 0 atom stereocenters. The number of aromatic nitrogens is 4. The van der Waals surface area contributed by atoms with Gasteiger partial charge in [-0.3, -0.25) is 0 Å². The van der Waals surface area contributed by atoms with Crippen molar-refractivity contribution >= 4 is 28.6 Å². The number of hydrogen-bond donors (Lipinski definition) is 3. The van der Waals surface area contributed by atoms with Crippen LogP contribution >= 0.6 is 0 Å². The van der Waals surface area contributed by atoms with E-state index in [1.54, 1.807) is 6.33 Å². The maximum atomic E-state index is 5.41. The molecule has 7 heteroatoms. The minimum atomic E-state index is 0.356. The Morgan fingerprint density at radius 2 is 1.91 bits per heavy atom. The molecule has 4 rings (SSSR count). The smallest absolute Gasteiger partial charge is 0.231 e. The van der Waals surface area contributed by atoms with Crippen molar-refractivity contribution in [3.8, 4) is 0 Å². The van der Waals surface area contributed by atoms with Crippen molar-refractivity contribution in [1.82, 2.24) is 19.9 Å². The van der Waals surface area contributed by atoms with Gasteiger partial charge in [-0.2, -0.15) is 9.97 Å². The number of benzene rings is 1. The van der Waals surface area contributed by atoms with E-state index < -0.39 is 0 Å². The highest BCUT2D eigenvalue weighted by molar-refractivity contribution is 5.84. The molecule has 0 saturated carbocycles. The maximum Gasteiger partial charge on any atom is 0.231 e. The summed E-state index contributed by atoms with van der Waals surface area (Å²) in [7, 11) is 0. The van der Waals surface area contributed by atoms with Crippen molar-refractivity contribution < 1.29 is 4.74 Å². The molecule has 3 heterocycles. The first-order valence-corrected chi connectivity index (χ1v) is 7.76. The largest absolute Gasteiger partial charge is 0.381 e. The molecule has 1 aliphatic heterocycles. The van der Waals surface area contributed by atoms with Gasteiger partial charge in [0.1, 0.15) is 5.52 Å². The SMILES string of the molecule is c1ccc(Nc2nc(NC3CCOCC3)c3[nH]cnc3n2)cc1. The molecule has 0 amide bonds. The Morgan fingerprint density at radius 3 is 2.74 bits per heavy atom. The van der Waals surface area contributed by atoms with E-state index in [1.165, 1.54) is 0 Å². The molecule has 3 aromatic rings. The molecule has 0 spiro atoms. The van der Waals surface area contributed by atoms with Gasteiger partial charge in [-0.1, -0.05) is 18.2 Å². The van der Waals surface area contributed by atoms with Gasteiger partial charge in [0.25, 0.3) is 0 Å². The Bertz CT molecular complexity index is 782. The molecule has 2 aromatic heterocycles. The Kier molecular flexibility index (Phi) is 3.77. The van der Waals surface area contributed by atoms with Gasteiger partial charge in [-0.15, -0.1) is 0 Å². The molecule has 7 nitrogen and oxygen atoms in total. The third kappa shape index (κ3) is 3.09. The summed E-state index contributed by atoms with van der Waals surface area (Å²) < 4.78 is 5.41. The zero-order chi connectivity index (χ0) is 15.5. The van der Waals surface area contributed by atoms with Gasteiger partial charge >= 0.3 is 0 Å². The highest BCUT2D eigenvalue weighted by Gasteiger charge is 2.17. The number of nitrogens with zero attached hydrogens (tertiary/aromatic N) is 3. The molecule has 3 N–H and O–H groups in total. The summed E-state index contributed by atoms with van der Waals surface area (Å²) >= 11 is 0. The van der Waals surface area contributed by atoms with Crippen LogP contribution in [0.15, 0.2) is 36.7 Å². The second-order valence-electron chi connectivity index (χ2n) is 5.52. The van der Waals surface area contributed by atoms with Crippen LogP contribution in [0, 0.1) is 0 Å². The summed E-state index contributed by atoms with van der Waals surface area (Å²) in [6.07, 6.45) is 3.59. The quantitative estimate of drug-likeness (QED) is 0.687. The van der Waals surface area contributed by atoms with Crippen LogP contribution in [-0.2, 0) is 4.74 Å². The van der Waals surface area contributed by atoms with Crippen LogP contribution in [0.5, 0.6) is 0 Å².